The maximum Gasteiger partial charge on any atom is 0.0933 e. The largest absolute Gasteiger partial charge is 0.376 e. The number of aryl methyl sites for hydroxylation is 1. The summed E-state index contributed by atoms with van der Waals surface area (Å²) in [4.78, 5) is 0. The Labute approximate surface area is 109 Å². The molecule has 1 atom stereocenters. The Balaban J connectivity index is 1.46. The molecule has 1 heterocycles. The van der Waals surface area contributed by atoms with Crippen molar-refractivity contribution in [3.05, 3.63) is 35.9 Å². The Morgan fingerprint density at radius 2 is 2.00 bits per heavy atom. The molecule has 1 fully saturated rings. The standard InChI is InChI=1S/C15H23NO2/c1-2-6-14(7-3-1)8-4-5-9-16-12-15-13-17-10-11-18-15/h1-3,6-7,15-16H,4-5,8-13H2. The minimum atomic E-state index is 0.243. The van der Waals surface area contributed by atoms with Gasteiger partial charge in [-0.15, -0.1) is 0 Å². The monoisotopic (exact) mass is 249 g/mol. The molecule has 1 unspecified atom stereocenters. The van der Waals surface area contributed by atoms with Crippen LogP contribution in [0.4, 0.5) is 0 Å². The first kappa shape index (κ1) is 13.5. The van der Waals surface area contributed by atoms with Gasteiger partial charge in [-0.3, -0.25) is 0 Å². The van der Waals surface area contributed by atoms with Gasteiger partial charge < -0.3 is 14.8 Å². The summed E-state index contributed by atoms with van der Waals surface area (Å²) in [5, 5.41) is 3.44. The van der Waals surface area contributed by atoms with E-state index in [1.807, 2.05) is 0 Å². The highest BCUT2D eigenvalue weighted by molar-refractivity contribution is 5.14. The van der Waals surface area contributed by atoms with Crippen molar-refractivity contribution in [1.82, 2.24) is 5.32 Å². The Morgan fingerprint density at radius 3 is 2.78 bits per heavy atom. The highest BCUT2D eigenvalue weighted by atomic mass is 16.6. The average molecular weight is 249 g/mol. The van der Waals surface area contributed by atoms with Crippen LogP contribution in [-0.4, -0.2) is 39.0 Å². The van der Waals surface area contributed by atoms with Crippen molar-refractivity contribution >= 4 is 0 Å². The predicted molar refractivity (Wildman–Crippen MR) is 72.8 cm³/mol. The Bertz CT molecular complexity index is 310. The molecule has 0 bridgehead atoms. The summed E-state index contributed by atoms with van der Waals surface area (Å²) in [5.74, 6) is 0. The molecule has 1 aliphatic rings. The van der Waals surface area contributed by atoms with Gasteiger partial charge in [-0.25, -0.2) is 0 Å². The Kier molecular flexibility index (Phi) is 6.20. The molecular weight excluding hydrogens is 226 g/mol. The van der Waals surface area contributed by atoms with E-state index >= 15 is 0 Å². The fourth-order valence-electron chi connectivity index (χ4n) is 2.14. The van der Waals surface area contributed by atoms with Crippen molar-refractivity contribution < 1.29 is 9.47 Å². The van der Waals surface area contributed by atoms with Crippen LogP contribution in [0.25, 0.3) is 0 Å². The first-order valence-corrected chi connectivity index (χ1v) is 6.89. The molecule has 1 aliphatic heterocycles. The molecule has 1 aromatic rings. The van der Waals surface area contributed by atoms with E-state index < -0.39 is 0 Å². The van der Waals surface area contributed by atoms with Gasteiger partial charge >= 0.3 is 0 Å². The third-order valence-corrected chi connectivity index (χ3v) is 3.17. The second-order valence-electron chi connectivity index (χ2n) is 4.71. The molecule has 0 radical (unpaired) electrons. The van der Waals surface area contributed by atoms with Gasteiger partial charge in [0.25, 0.3) is 0 Å². The molecule has 18 heavy (non-hydrogen) atoms. The number of rotatable bonds is 7. The molecule has 0 spiro atoms. The van der Waals surface area contributed by atoms with Gasteiger partial charge in [0.05, 0.1) is 25.9 Å². The lowest BCUT2D eigenvalue weighted by atomic mass is 10.1. The topological polar surface area (TPSA) is 30.5 Å². The molecule has 0 amide bonds. The lowest BCUT2D eigenvalue weighted by Gasteiger charge is -2.23. The molecule has 3 heteroatoms. The van der Waals surface area contributed by atoms with Gasteiger partial charge in [0.2, 0.25) is 0 Å². The zero-order valence-electron chi connectivity index (χ0n) is 10.9. The molecular formula is C15H23NO2. The molecule has 2 rings (SSSR count). The lowest BCUT2D eigenvalue weighted by molar-refractivity contribution is -0.0863. The molecule has 100 valence electrons. The van der Waals surface area contributed by atoms with E-state index in [-0.39, 0.29) is 6.10 Å². The fraction of sp³-hybridized carbons (Fsp3) is 0.600. The van der Waals surface area contributed by atoms with Crippen molar-refractivity contribution in [1.29, 1.82) is 0 Å². The van der Waals surface area contributed by atoms with Crippen LogP contribution in [0, 0.1) is 0 Å². The van der Waals surface area contributed by atoms with Crippen molar-refractivity contribution in [3.63, 3.8) is 0 Å². The summed E-state index contributed by atoms with van der Waals surface area (Å²) in [7, 11) is 0. The number of unbranched alkanes of at least 4 members (excludes halogenated alkanes) is 1. The van der Waals surface area contributed by atoms with Crippen LogP contribution < -0.4 is 5.32 Å². The average Bonchev–Trinajstić information content (AvgIpc) is 2.45. The van der Waals surface area contributed by atoms with Crippen LogP contribution in [0.5, 0.6) is 0 Å². The second-order valence-corrected chi connectivity index (χ2v) is 4.71. The summed E-state index contributed by atoms with van der Waals surface area (Å²) in [5.41, 5.74) is 1.43. The quantitative estimate of drug-likeness (QED) is 0.750. The minimum Gasteiger partial charge on any atom is -0.376 e. The molecule has 0 aromatic heterocycles. The molecule has 1 saturated heterocycles. The molecule has 3 nitrogen and oxygen atoms in total. The van der Waals surface area contributed by atoms with Crippen LogP contribution in [-0.2, 0) is 15.9 Å². The summed E-state index contributed by atoms with van der Waals surface area (Å²) in [6, 6.07) is 10.7. The first-order chi connectivity index (χ1) is 8.95. The van der Waals surface area contributed by atoms with Crippen molar-refractivity contribution in [2.24, 2.45) is 0 Å². The maximum atomic E-state index is 5.57. The van der Waals surface area contributed by atoms with Gasteiger partial charge in [-0.05, 0) is 31.4 Å². The van der Waals surface area contributed by atoms with Crippen molar-refractivity contribution in [2.75, 3.05) is 32.9 Å². The van der Waals surface area contributed by atoms with Crippen molar-refractivity contribution in [3.8, 4) is 0 Å². The van der Waals surface area contributed by atoms with Gasteiger partial charge in [0.15, 0.2) is 0 Å². The minimum absolute atomic E-state index is 0.243. The van der Waals surface area contributed by atoms with E-state index in [4.69, 9.17) is 9.47 Å². The van der Waals surface area contributed by atoms with E-state index in [0.29, 0.717) is 0 Å². The lowest BCUT2D eigenvalue weighted by Crippen LogP contribution is -2.37. The van der Waals surface area contributed by atoms with Crippen LogP contribution >= 0.6 is 0 Å². The van der Waals surface area contributed by atoms with E-state index in [2.05, 4.69) is 35.6 Å². The van der Waals surface area contributed by atoms with Gasteiger partial charge in [-0.1, -0.05) is 30.3 Å². The first-order valence-electron chi connectivity index (χ1n) is 6.89. The zero-order chi connectivity index (χ0) is 12.5. The number of ether oxygens (including phenoxy) is 2. The predicted octanol–water partition coefficient (Wildman–Crippen LogP) is 2.01. The number of hydrogen-bond acceptors (Lipinski definition) is 3. The summed E-state index contributed by atoms with van der Waals surface area (Å²) in [6.07, 6.45) is 3.86. The Hall–Kier alpha value is -0.900. The molecule has 0 saturated carbocycles. The summed E-state index contributed by atoms with van der Waals surface area (Å²) >= 11 is 0. The SMILES string of the molecule is c1ccc(CCCCNCC2COCCO2)cc1. The fourth-order valence-corrected chi connectivity index (χ4v) is 2.14. The van der Waals surface area contributed by atoms with Gasteiger partial charge in [0, 0.05) is 6.54 Å². The number of hydrogen-bond donors (Lipinski definition) is 1. The van der Waals surface area contributed by atoms with E-state index in [1.54, 1.807) is 0 Å². The van der Waals surface area contributed by atoms with Crippen LogP contribution in [0.2, 0.25) is 0 Å². The van der Waals surface area contributed by atoms with Crippen molar-refractivity contribution in [2.45, 2.75) is 25.4 Å². The molecule has 1 N–H and O–H groups in total. The van der Waals surface area contributed by atoms with Gasteiger partial charge in [-0.2, -0.15) is 0 Å². The molecule has 1 aromatic carbocycles. The highest BCUT2D eigenvalue weighted by Gasteiger charge is 2.12. The number of benzene rings is 1. The van der Waals surface area contributed by atoms with Gasteiger partial charge in [0.1, 0.15) is 0 Å². The smallest absolute Gasteiger partial charge is 0.0933 e. The maximum absolute atomic E-state index is 5.57. The van der Waals surface area contributed by atoms with E-state index in [1.165, 1.54) is 24.8 Å². The third kappa shape index (κ3) is 5.17. The highest BCUT2D eigenvalue weighted by Crippen LogP contribution is 2.04. The van der Waals surface area contributed by atoms with Crippen LogP contribution in [0.15, 0.2) is 30.3 Å². The molecule has 0 aliphatic carbocycles. The van der Waals surface area contributed by atoms with E-state index in [9.17, 15) is 0 Å². The van der Waals surface area contributed by atoms with Crippen LogP contribution in [0.3, 0.4) is 0 Å². The van der Waals surface area contributed by atoms with Crippen LogP contribution in [0.1, 0.15) is 18.4 Å². The summed E-state index contributed by atoms with van der Waals surface area (Å²) in [6.45, 7) is 4.18. The zero-order valence-corrected chi connectivity index (χ0v) is 10.9. The number of nitrogens with one attached hydrogen (secondary N) is 1. The summed E-state index contributed by atoms with van der Waals surface area (Å²) < 4.78 is 10.9. The second kappa shape index (κ2) is 8.25. The normalized spacial score (nSPS) is 19.9. The van der Waals surface area contributed by atoms with E-state index in [0.717, 1.165) is 32.9 Å². The third-order valence-electron chi connectivity index (χ3n) is 3.17. The Morgan fingerprint density at radius 1 is 1.11 bits per heavy atom.